The quantitative estimate of drug-likeness (QED) is 0.638. The molecule has 0 aliphatic carbocycles. The summed E-state index contributed by atoms with van der Waals surface area (Å²) in [6, 6.07) is 0. The second-order valence-electron chi connectivity index (χ2n) is 4.52. The van der Waals surface area contributed by atoms with E-state index in [1.54, 1.807) is 18.7 Å². The molecule has 0 bridgehead atoms. The van der Waals surface area contributed by atoms with E-state index in [4.69, 9.17) is 5.73 Å². The average Bonchev–Trinajstić information content (AvgIpc) is 2.41. The van der Waals surface area contributed by atoms with E-state index >= 15 is 0 Å². The van der Waals surface area contributed by atoms with E-state index in [1.165, 1.54) is 0 Å². The highest BCUT2D eigenvalue weighted by Crippen LogP contribution is 2.17. The number of carbonyl (C=O) groups is 2. The van der Waals surface area contributed by atoms with Gasteiger partial charge in [-0.15, -0.1) is 0 Å². The SMILES string of the molecule is CC(C)(CN)C(=O)N1CCCNC(=O)C1. The van der Waals surface area contributed by atoms with Crippen LogP contribution in [0, 0.1) is 5.41 Å². The Balaban J connectivity index is 2.69. The van der Waals surface area contributed by atoms with Crippen molar-refractivity contribution in [1.29, 1.82) is 0 Å². The summed E-state index contributed by atoms with van der Waals surface area (Å²) >= 11 is 0. The lowest BCUT2D eigenvalue weighted by Gasteiger charge is -2.29. The largest absolute Gasteiger partial charge is 0.354 e. The number of hydrogen-bond donors (Lipinski definition) is 2. The van der Waals surface area contributed by atoms with Gasteiger partial charge in [0.15, 0.2) is 0 Å². The summed E-state index contributed by atoms with van der Waals surface area (Å²) in [4.78, 5) is 24.9. The summed E-state index contributed by atoms with van der Waals surface area (Å²) in [7, 11) is 0. The molecule has 0 radical (unpaired) electrons. The first-order chi connectivity index (χ1) is 6.97. The van der Waals surface area contributed by atoms with Gasteiger partial charge in [-0.25, -0.2) is 0 Å². The van der Waals surface area contributed by atoms with Crippen molar-refractivity contribution in [2.24, 2.45) is 11.1 Å². The second kappa shape index (κ2) is 4.61. The third-order valence-corrected chi connectivity index (χ3v) is 2.64. The number of nitrogens with zero attached hydrogens (tertiary/aromatic N) is 1. The van der Waals surface area contributed by atoms with E-state index in [1.807, 2.05) is 0 Å². The van der Waals surface area contributed by atoms with Gasteiger partial charge in [0, 0.05) is 19.6 Å². The molecule has 1 rings (SSSR count). The molecular formula is C10H19N3O2. The van der Waals surface area contributed by atoms with Crippen LogP contribution in [-0.2, 0) is 9.59 Å². The van der Waals surface area contributed by atoms with Crippen LogP contribution in [0.2, 0.25) is 0 Å². The molecule has 5 nitrogen and oxygen atoms in total. The van der Waals surface area contributed by atoms with E-state index in [0.717, 1.165) is 6.42 Å². The lowest BCUT2D eigenvalue weighted by molar-refractivity contribution is -0.142. The molecule has 0 aromatic rings. The molecule has 0 atom stereocenters. The smallest absolute Gasteiger partial charge is 0.239 e. The number of carbonyl (C=O) groups excluding carboxylic acids is 2. The molecule has 2 amide bonds. The molecule has 1 heterocycles. The van der Waals surface area contributed by atoms with Crippen LogP contribution in [-0.4, -0.2) is 42.9 Å². The monoisotopic (exact) mass is 213 g/mol. The molecule has 0 aromatic carbocycles. The number of amides is 2. The van der Waals surface area contributed by atoms with Gasteiger partial charge < -0.3 is 16.0 Å². The van der Waals surface area contributed by atoms with Gasteiger partial charge in [0.05, 0.1) is 12.0 Å². The van der Waals surface area contributed by atoms with E-state index < -0.39 is 5.41 Å². The van der Waals surface area contributed by atoms with Gasteiger partial charge >= 0.3 is 0 Å². The van der Waals surface area contributed by atoms with Crippen molar-refractivity contribution in [3.8, 4) is 0 Å². The van der Waals surface area contributed by atoms with Crippen LogP contribution in [0.1, 0.15) is 20.3 Å². The van der Waals surface area contributed by atoms with Crippen LogP contribution in [0.15, 0.2) is 0 Å². The van der Waals surface area contributed by atoms with Crippen molar-refractivity contribution in [2.45, 2.75) is 20.3 Å². The van der Waals surface area contributed by atoms with Gasteiger partial charge in [-0.3, -0.25) is 9.59 Å². The van der Waals surface area contributed by atoms with Crippen molar-refractivity contribution in [2.75, 3.05) is 26.2 Å². The minimum absolute atomic E-state index is 0.0398. The molecule has 5 heteroatoms. The lowest BCUT2D eigenvalue weighted by Crippen LogP contribution is -2.47. The molecule has 1 fully saturated rings. The number of nitrogens with one attached hydrogen (secondary N) is 1. The average molecular weight is 213 g/mol. The van der Waals surface area contributed by atoms with Crippen LogP contribution < -0.4 is 11.1 Å². The summed E-state index contributed by atoms with van der Waals surface area (Å²) in [6.07, 6.45) is 0.804. The fraction of sp³-hybridized carbons (Fsp3) is 0.800. The first kappa shape index (κ1) is 12.0. The van der Waals surface area contributed by atoms with Crippen molar-refractivity contribution in [3.05, 3.63) is 0 Å². The molecule has 15 heavy (non-hydrogen) atoms. The Hall–Kier alpha value is -1.10. The maximum absolute atomic E-state index is 12.0. The van der Waals surface area contributed by atoms with Crippen molar-refractivity contribution in [3.63, 3.8) is 0 Å². The molecular weight excluding hydrogens is 194 g/mol. The zero-order chi connectivity index (χ0) is 11.5. The summed E-state index contributed by atoms with van der Waals surface area (Å²) in [6.45, 7) is 5.33. The molecule has 0 saturated carbocycles. The lowest BCUT2D eigenvalue weighted by atomic mass is 9.92. The van der Waals surface area contributed by atoms with E-state index in [9.17, 15) is 9.59 Å². The van der Waals surface area contributed by atoms with Gasteiger partial charge in [0.1, 0.15) is 0 Å². The maximum Gasteiger partial charge on any atom is 0.239 e. The Kier molecular flexibility index (Phi) is 3.68. The minimum atomic E-state index is -0.579. The molecule has 86 valence electrons. The van der Waals surface area contributed by atoms with Crippen LogP contribution in [0.25, 0.3) is 0 Å². The zero-order valence-corrected chi connectivity index (χ0v) is 9.38. The van der Waals surface area contributed by atoms with Crippen LogP contribution >= 0.6 is 0 Å². The highest BCUT2D eigenvalue weighted by atomic mass is 16.2. The number of hydrogen-bond acceptors (Lipinski definition) is 3. The number of nitrogens with two attached hydrogens (primary N) is 1. The van der Waals surface area contributed by atoms with Crippen LogP contribution in [0.3, 0.4) is 0 Å². The third kappa shape index (κ3) is 2.92. The highest BCUT2D eigenvalue weighted by molar-refractivity contribution is 5.88. The molecule has 0 unspecified atom stereocenters. The predicted octanol–water partition coefficient (Wildman–Crippen LogP) is -0.680. The molecule has 1 aliphatic rings. The van der Waals surface area contributed by atoms with Crippen LogP contribution in [0.4, 0.5) is 0 Å². The third-order valence-electron chi connectivity index (χ3n) is 2.64. The predicted molar refractivity (Wildman–Crippen MR) is 57.0 cm³/mol. The van der Waals surface area contributed by atoms with Crippen molar-refractivity contribution < 1.29 is 9.59 Å². The van der Waals surface area contributed by atoms with Gasteiger partial charge in [0.2, 0.25) is 11.8 Å². The fourth-order valence-electron chi connectivity index (χ4n) is 1.49. The summed E-state index contributed by atoms with van der Waals surface area (Å²) in [5.74, 6) is -0.129. The number of rotatable bonds is 2. The summed E-state index contributed by atoms with van der Waals surface area (Å²) in [5, 5.41) is 2.73. The van der Waals surface area contributed by atoms with Gasteiger partial charge in [-0.1, -0.05) is 0 Å². The Labute approximate surface area is 90.0 Å². The van der Waals surface area contributed by atoms with E-state index in [2.05, 4.69) is 5.32 Å². The van der Waals surface area contributed by atoms with Crippen molar-refractivity contribution in [1.82, 2.24) is 10.2 Å². The summed E-state index contributed by atoms with van der Waals surface area (Å²) in [5.41, 5.74) is 4.96. The Morgan fingerprint density at radius 1 is 1.60 bits per heavy atom. The topological polar surface area (TPSA) is 75.4 Å². The summed E-state index contributed by atoms with van der Waals surface area (Å²) < 4.78 is 0. The Morgan fingerprint density at radius 2 is 2.27 bits per heavy atom. The Morgan fingerprint density at radius 3 is 2.87 bits per heavy atom. The van der Waals surface area contributed by atoms with Gasteiger partial charge in [-0.05, 0) is 20.3 Å². The van der Waals surface area contributed by atoms with Gasteiger partial charge in [-0.2, -0.15) is 0 Å². The standard InChI is InChI=1S/C10H19N3O2/c1-10(2,7-11)9(15)13-5-3-4-12-8(14)6-13/h3-7,11H2,1-2H3,(H,12,14). The van der Waals surface area contributed by atoms with E-state index in [-0.39, 0.29) is 18.4 Å². The molecule has 0 aromatic heterocycles. The Bertz CT molecular complexity index is 263. The normalized spacial score (nSPS) is 18.3. The molecule has 1 aliphatic heterocycles. The molecule has 1 saturated heterocycles. The molecule has 0 spiro atoms. The van der Waals surface area contributed by atoms with Crippen LogP contribution in [0.5, 0.6) is 0 Å². The minimum Gasteiger partial charge on any atom is -0.354 e. The molecule has 3 N–H and O–H groups in total. The van der Waals surface area contributed by atoms with Gasteiger partial charge in [0.25, 0.3) is 0 Å². The first-order valence-corrected chi connectivity index (χ1v) is 5.23. The maximum atomic E-state index is 12.0. The fourth-order valence-corrected chi connectivity index (χ4v) is 1.49. The van der Waals surface area contributed by atoms with Crippen molar-refractivity contribution >= 4 is 11.8 Å². The van der Waals surface area contributed by atoms with E-state index in [0.29, 0.717) is 19.6 Å². The first-order valence-electron chi connectivity index (χ1n) is 5.23. The zero-order valence-electron chi connectivity index (χ0n) is 9.38. The second-order valence-corrected chi connectivity index (χ2v) is 4.52. The highest BCUT2D eigenvalue weighted by Gasteiger charge is 2.32.